The second kappa shape index (κ2) is 24.5. The number of amides is 1. The summed E-state index contributed by atoms with van der Waals surface area (Å²) in [7, 11) is -34.6. The molecule has 41 heteroatoms. The largest absolute Gasteiger partial charge is 0.505 e. The number of carbonyl (C=O) groups excluding carboxylic acids is 1. The highest BCUT2D eigenvalue weighted by Gasteiger charge is 2.31. The third-order valence-electron chi connectivity index (χ3n) is 12.4. The molecular formula is C49H39N11O23S7. The highest BCUT2D eigenvalue weighted by Crippen LogP contribution is 2.50. The first-order chi connectivity index (χ1) is 41.7. The first kappa shape index (κ1) is 66.5. The van der Waals surface area contributed by atoms with Crippen LogP contribution in [0, 0.1) is 0 Å². The molecule has 0 saturated carbocycles. The topological polar surface area (TPSA) is 581 Å². The molecule has 0 unspecified atom stereocenters. The number of hydrogen-bond acceptors (Lipinski definition) is 28. The Bertz CT molecular complexity index is 5350. The van der Waals surface area contributed by atoms with Crippen LogP contribution in [-0.4, -0.2) is 115 Å². The number of nitrogens with one attached hydrogen (secondary N) is 1. The first-order valence-electron chi connectivity index (χ1n) is 24.0. The molecular weight excluding hydrogens is 1340 g/mol. The van der Waals surface area contributed by atoms with Gasteiger partial charge in [-0.05, 0) is 126 Å². The second-order valence-electron chi connectivity index (χ2n) is 18.2. The smallest absolute Gasteiger partial charge is 0.296 e. The van der Waals surface area contributed by atoms with Crippen molar-refractivity contribution in [1.82, 2.24) is 0 Å². The minimum Gasteiger partial charge on any atom is -0.505 e. The van der Waals surface area contributed by atoms with Gasteiger partial charge in [0.1, 0.15) is 52.9 Å². The zero-order valence-electron chi connectivity index (χ0n) is 44.5. The fourth-order valence-corrected chi connectivity index (χ4v) is 13.2. The molecule has 0 aliphatic heterocycles. The van der Waals surface area contributed by atoms with E-state index in [1.165, 1.54) is 0 Å². The number of anilines is 3. The Morgan fingerprint density at radius 2 is 0.811 bits per heavy atom. The molecule has 0 fully saturated rings. The van der Waals surface area contributed by atoms with Crippen LogP contribution in [0.1, 0.15) is 10.4 Å². The molecule has 0 aromatic heterocycles. The van der Waals surface area contributed by atoms with Crippen molar-refractivity contribution in [3.05, 3.63) is 133 Å². The van der Waals surface area contributed by atoms with E-state index in [2.05, 4.69) is 52.8 Å². The van der Waals surface area contributed by atoms with Crippen molar-refractivity contribution in [3.63, 3.8) is 0 Å². The van der Waals surface area contributed by atoms with Crippen molar-refractivity contribution in [2.45, 2.75) is 34.3 Å². The highest BCUT2D eigenvalue weighted by atomic mass is 32.2. The summed E-state index contributed by atoms with van der Waals surface area (Å²) in [6.45, 7) is 2.53. The summed E-state index contributed by atoms with van der Waals surface area (Å²) in [6, 6.07) is 18.0. The maximum Gasteiger partial charge on any atom is 0.296 e. The number of carbonyl (C=O) groups is 1. The molecule has 90 heavy (non-hydrogen) atoms. The molecule has 8 rings (SSSR count). The van der Waals surface area contributed by atoms with Gasteiger partial charge in [0.2, 0.25) is 0 Å². The Hall–Kier alpha value is -9.50. The Morgan fingerprint density at radius 3 is 1.19 bits per heavy atom. The Balaban J connectivity index is 1.11. The predicted molar refractivity (Wildman–Crippen MR) is 316 cm³/mol. The van der Waals surface area contributed by atoms with Gasteiger partial charge in [-0.1, -0.05) is 6.58 Å². The number of nitrogens with zero attached hydrogens (tertiary/aromatic N) is 8. The molecule has 0 saturated heterocycles. The molecule has 0 aliphatic carbocycles. The van der Waals surface area contributed by atoms with Crippen molar-refractivity contribution in [3.8, 4) is 11.5 Å². The molecule has 8 aromatic carbocycles. The number of aromatic hydroxyl groups is 2. The van der Waals surface area contributed by atoms with Gasteiger partial charge in [-0.15, -0.1) is 25.6 Å². The number of sulfone groups is 2. The maximum atomic E-state index is 13.5. The SMILES string of the molecule is C=CS(=O)(=O)c1ccc(N=Nc2c(S(=O)(=O)O)cc3cc(S(=O)(=O)O)c(N=Nc4ccc(C(=O)Nc5ccc(S(=O)(=O)O)c(N=Nc6c(S(=O)(=O)O)cc7cc(S(=O)(=O)O)c(N=Nc8ccc(S(=O)(=O)CCO)cc8)c(N)c7c6O)c5)cc4)c(O)c3c2N)cc1. The molecule has 0 aliphatic rings. The standard InChI is InChI=1S/C49H39N11O23S7/c1-2-84(65,66)31-12-7-28(8-13-31)53-57-43-35(87(72,73)74)19-25-21-37(89(78,79)80)45(47(62)39(25)41(43)50)59-55-27-5-3-24(4-6-27)49(64)52-30-11-16-34(86(69,70)71)33(23-30)56-60-46-38(90(81,82)83)22-26-20-36(88(75,76)77)44(42(51)40(26)48(46)63)58-54-29-9-14-32(15-10-29)85(67,68)18-17-61/h2-16,19-23,61-63H,1,17-18,50-51H2,(H,52,64)(H,69,70,71)(H,72,73,74)(H,75,76,77)(H,78,79,80)(H,81,82,83). The Morgan fingerprint density at radius 1 is 0.456 bits per heavy atom. The van der Waals surface area contributed by atoms with Gasteiger partial charge in [0.25, 0.3) is 56.5 Å². The third kappa shape index (κ3) is 14.2. The fourth-order valence-electron chi connectivity index (χ4n) is 8.17. The fraction of sp³-hybridized carbons (Fsp3) is 0.0408. The lowest BCUT2D eigenvalue weighted by atomic mass is 10.1. The van der Waals surface area contributed by atoms with E-state index in [0.717, 1.165) is 84.9 Å². The van der Waals surface area contributed by atoms with Crippen LogP contribution in [0.4, 0.5) is 62.6 Å². The minimum absolute atomic E-state index is 0.0763. The lowest BCUT2D eigenvalue weighted by molar-refractivity contribution is 0.102. The van der Waals surface area contributed by atoms with E-state index in [0.29, 0.717) is 35.7 Å². The highest BCUT2D eigenvalue weighted by molar-refractivity contribution is 7.94. The number of hydrogen-bond donors (Lipinski definition) is 11. The third-order valence-corrected chi connectivity index (χ3v) is 19.8. The quantitative estimate of drug-likeness (QED) is 0.0194. The van der Waals surface area contributed by atoms with Crippen LogP contribution in [0.5, 0.6) is 11.5 Å². The number of phenolic OH excluding ortho intramolecular Hbond substituents is 2. The number of nitrogens with two attached hydrogens (primary N) is 2. The van der Waals surface area contributed by atoms with E-state index in [1.807, 2.05) is 0 Å². The van der Waals surface area contributed by atoms with E-state index in [-0.39, 0.29) is 38.1 Å². The van der Waals surface area contributed by atoms with E-state index < -0.39 is 186 Å². The van der Waals surface area contributed by atoms with Crippen LogP contribution >= 0.6 is 0 Å². The molecule has 0 atom stereocenters. The molecule has 13 N–H and O–H groups in total. The maximum absolute atomic E-state index is 13.5. The van der Waals surface area contributed by atoms with Crippen molar-refractivity contribution in [2.24, 2.45) is 40.9 Å². The monoisotopic (exact) mass is 1370 g/mol. The number of benzene rings is 8. The normalized spacial score (nSPS) is 13.1. The summed E-state index contributed by atoms with van der Waals surface area (Å²) < 4.78 is 226. The van der Waals surface area contributed by atoms with Crippen molar-refractivity contribution >= 4 is 160 Å². The number of rotatable bonds is 20. The number of fused-ring (bicyclic) bond motifs is 2. The van der Waals surface area contributed by atoms with Gasteiger partial charge in [0.05, 0.1) is 61.4 Å². The number of aliphatic hydroxyl groups is 1. The number of aliphatic hydroxyl groups excluding tert-OH is 1. The van der Waals surface area contributed by atoms with Crippen molar-refractivity contribution in [2.75, 3.05) is 29.1 Å². The summed E-state index contributed by atoms with van der Waals surface area (Å²) in [6.07, 6.45) is 0. The Labute approximate surface area is 507 Å². The lowest BCUT2D eigenvalue weighted by Crippen LogP contribution is -2.11. The molecule has 1 amide bonds. The van der Waals surface area contributed by atoms with Gasteiger partial charge < -0.3 is 32.1 Å². The van der Waals surface area contributed by atoms with Gasteiger partial charge >= 0.3 is 0 Å². The van der Waals surface area contributed by atoms with Crippen molar-refractivity contribution in [1.29, 1.82) is 0 Å². The molecule has 0 bridgehead atoms. The number of nitrogen functional groups attached to an aromatic ring is 2. The van der Waals surface area contributed by atoms with Crippen LogP contribution in [0.3, 0.4) is 0 Å². The average molecular weight is 1370 g/mol. The van der Waals surface area contributed by atoms with Crippen LogP contribution in [-0.2, 0) is 70.3 Å². The summed E-state index contributed by atoms with van der Waals surface area (Å²) in [5.41, 5.74) is 5.18. The van der Waals surface area contributed by atoms with Gasteiger partial charge in [-0.25, -0.2) is 16.8 Å². The molecule has 470 valence electrons. The minimum atomic E-state index is -5.54. The molecule has 8 aromatic rings. The second-order valence-corrected chi connectivity index (χ2v) is 29.2. The average Bonchev–Trinajstić information content (AvgIpc) is 0.750. The number of azo groups is 4. The summed E-state index contributed by atoms with van der Waals surface area (Å²) in [5.74, 6) is -4.06. The number of phenols is 2. The lowest BCUT2D eigenvalue weighted by Gasteiger charge is -2.14. The van der Waals surface area contributed by atoms with Crippen LogP contribution < -0.4 is 16.8 Å². The van der Waals surface area contributed by atoms with Crippen LogP contribution in [0.2, 0.25) is 0 Å². The van der Waals surface area contributed by atoms with Gasteiger partial charge in [-0.2, -0.15) is 57.4 Å². The van der Waals surface area contributed by atoms with E-state index >= 15 is 0 Å². The van der Waals surface area contributed by atoms with Gasteiger partial charge in [0, 0.05) is 16.7 Å². The zero-order valence-corrected chi connectivity index (χ0v) is 50.2. The van der Waals surface area contributed by atoms with Crippen molar-refractivity contribution < 1.29 is 102 Å². The first-order valence-corrected chi connectivity index (χ1v) is 34.4. The van der Waals surface area contributed by atoms with Gasteiger partial charge in [0.15, 0.2) is 31.2 Å². The van der Waals surface area contributed by atoms with E-state index in [1.54, 1.807) is 0 Å². The summed E-state index contributed by atoms with van der Waals surface area (Å²) in [5, 5.41) is 62.9. The van der Waals surface area contributed by atoms with Gasteiger partial charge in [-0.3, -0.25) is 27.6 Å². The summed E-state index contributed by atoms with van der Waals surface area (Å²) >= 11 is 0. The molecule has 0 spiro atoms. The zero-order chi connectivity index (χ0) is 66.4. The van der Waals surface area contributed by atoms with E-state index in [4.69, 9.17) is 16.6 Å². The molecule has 34 nitrogen and oxygen atoms in total. The Kier molecular flexibility index (Phi) is 18.1. The van der Waals surface area contributed by atoms with Crippen LogP contribution in [0.15, 0.2) is 202 Å². The predicted octanol–water partition coefficient (Wildman–Crippen LogP) is 8.40. The molecule has 0 heterocycles. The van der Waals surface area contributed by atoms with E-state index in [9.17, 15) is 96.7 Å². The molecule has 0 radical (unpaired) electrons. The van der Waals surface area contributed by atoms with Crippen LogP contribution in [0.25, 0.3) is 21.5 Å². The summed E-state index contributed by atoms with van der Waals surface area (Å²) in [4.78, 5) is 7.36.